The molecule has 22 heavy (non-hydrogen) atoms. The van der Waals surface area contributed by atoms with E-state index in [9.17, 15) is 0 Å². The molecule has 0 aromatic heterocycles. The Morgan fingerprint density at radius 1 is 0.818 bits per heavy atom. The van der Waals surface area contributed by atoms with E-state index in [1.807, 2.05) is 0 Å². The first-order valence-electron chi connectivity index (χ1n) is 8.63. The van der Waals surface area contributed by atoms with Crippen LogP contribution in [-0.4, -0.2) is 0 Å². The first kappa shape index (κ1) is 15.1. The molecule has 0 heterocycles. The number of allylic oxidation sites excluding steroid dienone is 1. The van der Waals surface area contributed by atoms with E-state index < -0.39 is 0 Å². The van der Waals surface area contributed by atoms with Gasteiger partial charge in [-0.1, -0.05) is 60.7 Å². The molecule has 0 N–H and O–H groups in total. The maximum absolute atomic E-state index is 3.84. The lowest BCUT2D eigenvalue weighted by Crippen LogP contribution is -2.13. The monoisotopic (exact) mass is 290 g/mol. The Bertz CT molecular complexity index is 571. The van der Waals surface area contributed by atoms with E-state index in [4.69, 9.17) is 0 Å². The van der Waals surface area contributed by atoms with Crippen molar-refractivity contribution >= 4 is 0 Å². The van der Waals surface area contributed by atoms with Crippen molar-refractivity contribution in [1.29, 1.82) is 0 Å². The molecular weight excluding hydrogens is 264 g/mol. The lowest BCUT2D eigenvalue weighted by atomic mass is 9.77. The average Bonchev–Trinajstić information content (AvgIpc) is 2.61. The second-order valence-electron chi connectivity index (χ2n) is 6.57. The van der Waals surface area contributed by atoms with E-state index in [1.165, 1.54) is 55.2 Å². The summed E-state index contributed by atoms with van der Waals surface area (Å²) in [5, 5.41) is 0. The van der Waals surface area contributed by atoms with Crippen LogP contribution in [0.15, 0.2) is 67.3 Å². The van der Waals surface area contributed by atoms with Gasteiger partial charge in [0.1, 0.15) is 0 Å². The second kappa shape index (κ2) is 7.45. The van der Waals surface area contributed by atoms with Gasteiger partial charge in [0.25, 0.3) is 0 Å². The fourth-order valence-electron chi connectivity index (χ4n) is 3.72. The molecule has 0 heteroatoms. The van der Waals surface area contributed by atoms with Crippen LogP contribution in [-0.2, 0) is 0 Å². The van der Waals surface area contributed by atoms with Crippen LogP contribution < -0.4 is 0 Å². The van der Waals surface area contributed by atoms with Crippen molar-refractivity contribution < 1.29 is 0 Å². The van der Waals surface area contributed by atoms with Gasteiger partial charge >= 0.3 is 0 Å². The number of rotatable bonds is 5. The van der Waals surface area contributed by atoms with Crippen LogP contribution in [0.4, 0.5) is 0 Å². The van der Waals surface area contributed by atoms with Crippen molar-refractivity contribution in [1.82, 2.24) is 0 Å². The molecule has 0 radical (unpaired) electrons. The van der Waals surface area contributed by atoms with E-state index in [1.54, 1.807) is 0 Å². The Kier molecular flexibility index (Phi) is 5.11. The zero-order valence-electron chi connectivity index (χ0n) is 13.4. The molecule has 0 aliphatic heterocycles. The third kappa shape index (κ3) is 3.68. The third-order valence-electron chi connectivity index (χ3n) is 5.12. The standard InChI is InChI=1S/C22H26/c1-2-3-7-18-10-12-20(13-11-18)22-16-14-21(15-17-22)19-8-5-4-6-9-19/h2,4-6,8-9,14-18,20H,1,3,7,10-13H2. The van der Waals surface area contributed by atoms with Gasteiger partial charge in [0.2, 0.25) is 0 Å². The Hall–Kier alpha value is -1.82. The molecule has 0 unspecified atom stereocenters. The third-order valence-corrected chi connectivity index (χ3v) is 5.12. The highest BCUT2D eigenvalue weighted by molar-refractivity contribution is 5.63. The quantitative estimate of drug-likeness (QED) is 0.545. The van der Waals surface area contributed by atoms with Gasteiger partial charge in [0, 0.05) is 0 Å². The van der Waals surface area contributed by atoms with Crippen molar-refractivity contribution in [2.24, 2.45) is 5.92 Å². The predicted molar refractivity (Wildman–Crippen MR) is 96.0 cm³/mol. The van der Waals surface area contributed by atoms with Gasteiger partial charge in [0.05, 0.1) is 0 Å². The van der Waals surface area contributed by atoms with Crippen molar-refractivity contribution in [3.8, 4) is 11.1 Å². The van der Waals surface area contributed by atoms with E-state index >= 15 is 0 Å². The number of hydrogen-bond acceptors (Lipinski definition) is 0. The van der Waals surface area contributed by atoms with E-state index in [0.29, 0.717) is 0 Å². The van der Waals surface area contributed by atoms with Gasteiger partial charge in [-0.3, -0.25) is 0 Å². The Morgan fingerprint density at radius 3 is 2.09 bits per heavy atom. The molecule has 2 aromatic rings. The maximum Gasteiger partial charge on any atom is -0.0162 e. The number of benzene rings is 2. The molecule has 0 saturated heterocycles. The molecule has 3 rings (SSSR count). The molecule has 114 valence electrons. The summed E-state index contributed by atoms with van der Waals surface area (Å²) in [6.07, 6.45) is 10.1. The Labute approximate surface area is 134 Å². The smallest absolute Gasteiger partial charge is 0.0162 e. The highest BCUT2D eigenvalue weighted by atomic mass is 14.3. The predicted octanol–water partition coefficient (Wildman–Crippen LogP) is 6.59. The zero-order chi connectivity index (χ0) is 15.2. The molecule has 0 amide bonds. The molecule has 0 spiro atoms. The molecule has 0 atom stereocenters. The summed E-state index contributed by atoms with van der Waals surface area (Å²) in [6, 6.07) is 19.9. The van der Waals surface area contributed by atoms with Crippen LogP contribution in [0.1, 0.15) is 50.0 Å². The SMILES string of the molecule is C=CCCC1CCC(c2ccc(-c3ccccc3)cc2)CC1. The minimum Gasteiger partial charge on any atom is -0.103 e. The molecule has 1 aliphatic rings. The average molecular weight is 290 g/mol. The van der Waals surface area contributed by atoms with E-state index in [-0.39, 0.29) is 0 Å². The summed E-state index contributed by atoms with van der Waals surface area (Å²) in [6.45, 7) is 3.84. The second-order valence-corrected chi connectivity index (χ2v) is 6.57. The highest BCUT2D eigenvalue weighted by Gasteiger charge is 2.21. The minimum atomic E-state index is 0.768. The summed E-state index contributed by atoms with van der Waals surface area (Å²) in [7, 11) is 0. The molecule has 1 fully saturated rings. The summed E-state index contributed by atoms with van der Waals surface area (Å²) in [5.41, 5.74) is 4.16. The molecule has 0 nitrogen and oxygen atoms in total. The van der Waals surface area contributed by atoms with Crippen LogP contribution in [0.25, 0.3) is 11.1 Å². The van der Waals surface area contributed by atoms with Crippen LogP contribution in [0.2, 0.25) is 0 Å². The van der Waals surface area contributed by atoms with Gasteiger partial charge < -0.3 is 0 Å². The molecule has 1 aliphatic carbocycles. The van der Waals surface area contributed by atoms with Crippen LogP contribution in [0.3, 0.4) is 0 Å². The first-order valence-corrected chi connectivity index (χ1v) is 8.63. The Balaban J connectivity index is 1.61. The largest absolute Gasteiger partial charge is 0.103 e. The van der Waals surface area contributed by atoms with E-state index in [0.717, 1.165) is 11.8 Å². The fourth-order valence-corrected chi connectivity index (χ4v) is 3.72. The van der Waals surface area contributed by atoms with E-state index in [2.05, 4.69) is 67.3 Å². The minimum absolute atomic E-state index is 0.768. The molecule has 0 bridgehead atoms. The molecular formula is C22H26. The van der Waals surface area contributed by atoms with Gasteiger partial charge in [-0.05, 0) is 67.1 Å². The maximum atomic E-state index is 3.84. The lowest BCUT2D eigenvalue weighted by molar-refractivity contribution is 0.312. The highest BCUT2D eigenvalue weighted by Crippen LogP contribution is 2.38. The topological polar surface area (TPSA) is 0 Å². The fraction of sp³-hybridized carbons (Fsp3) is 0.364. The first-order chi connectivity index (χ1) is 10.9. The van der Waals surface area contributed by atoms with Gasteiger partial charge in [-0.25, -0.2) is 0 Å². The van der Waals surface area contributed by atoms with Crippen molar-refractivity contribution in [2.75, 3.05) is 0 Å². The lowest BCUT2D eigenvalue weighted by Gasteiger charge is -2.28. The van der Waals surface area contributed by atoms with Crippen LogP contribution >= 0.6 is 0 Å². The van der Waals surface area contributed by atoms with Crippen LogP contribution in [0.5, 0.6) is 0 Å². The summed E-state index contributed by atoms with van der Waals surface area (Å²) < 4.78 is 0. The Morgan fingerprint density at radius 2 is 1.45 bits per heavy atom. The molecule has 1 saturated carbocycles. The zero-order valence-corrected chi connectivity index (χ0v) is 13.4. The van der Waals surface area contributed by atoms with Crippen molar-refractivity contribution in [2.45, 2.75) is 44.4 Å². The molecule has 2 aromatic carbocycles. The van der Waals surface area contributed by atoms with Crippen molar-refractivity contribution in [3.63, 3.8) is 0 Å². The van der Waals surface area contributed by atoms with Gasteiger partial charge in [-0.2, -0.15) is 0 Å². The van der Waals surface area contributed by atoms with Crippen molar-refractivity contribution in [3.05, 3.63) is 72.8 Å². The summed E-state index contributed by atoms with van der Waals surface area (Å²) in [4.78, 5) is 0. The van der Waals surface area contributed by atoms with Gasteiger partial charge in [0.15, 0.2) is 0 Å². The number of hydrogen-bond donors (Lipinski definition) is 0. The summed E-state index contributed by atoms with van der Waals surface area (Å²) in [5.74, 6) is 1.70. The summed E-state index contributed by atoms with van der Waals surface area (Å²) >= 11 is 0. The normalized spacial score (nSPS) is 21.5. The van der Waals surface area contributed by atoms with Gasteiger partial charge in [-0.15, -0.1) is 6.58 Å². The van der Waals surface area contributed by atoms with Crippen LogP contribution in [0, 0.1) is 5.92 Å².